The van der Waals surface area contributed by atoms with Crippen molar-refractivity contribution in [3.63, 3.8) is 0 Å². The summed E-state index contributed by atoms with van der Waals surface area (Å²) in [7, 11) is 3.08. The fraction of sp³-hybridized carbons (Fsp3) is 0.500. The predicted molar refractivity (Wildman–Crippen MR) is 77.5 cm³/mol. The van der Waals surface area contributed by atoms with Gasteiger partial charge in [0.2, 0.25) is 0 Å². The molecular weight excluding hydrogens is 310 g/mol. The third kappa shape index (κ3) is 2.86. The Morgan fingerprint density at radius 3 is 2.68 bits per heavy atom. The van der Waals surface area contributed by atoms with Crippen molar-refractivity contribution in [1.82, 2.24) is 0 Å². The van der Waals surface area contributed by atoms with Crippen LogP contribution in [0.4, 0.5) is 5.69 Å². The number of hydrogen-bond acceptors (Lipinski definition) is 4. The topological polar surface area (TPSA) is 47.6 Å². The van der Waals surface area contributed by atoms with E-state index in [1.807, 2.05) is 18.2 Å². The molecule has 1 aliphatic rings. The van der Waals surface area contributed by atoms with Gasteiger partial charge >= 0.3 is 5.97 Å². The number of esters is 1. The number of carbonyl (C=O) groups is 1. The van der Waals surface area contributed by atoms with Crippen LogP contribution in [0, 0.1) is 5.41 Å². The zero-order valence-corrected chi connectivity index (χ0v) is 12.7. The highest BCUT2D eigenvalue weighted by atomic mass is 79.9. The van der Waals surface area contributed by atoms with Gasteiger partial charge in [0.05, 0.1) is 25.3 Å². The number of anilines is 1. The van der Waals surface area contributed by atoms with E-state index in [0.717, 1.165) is 35.2 Å². The average molecular weight is 328 g/mol. The maximum atomic E-state index is 11.9. The summed E-state index contributed by atoms with van der Waals surface area (Å²) in [5.74, 6) is 0.641. The van der Waals surface area contributed by atoms with Crippen molar-refractivity contribution in [3.8, 4) is 5.75 Å². The summed E-state index contributed by atoms with van der Waals surface area (Å²) in [5.41, 5.74) is 0.509. The summed E-state index contributed by atoms with van der Waals surface area (Å²) in [6, 6.07) is 5.75. The minimum atomic E-state index is -0.373. The molecule has 0 amide bonds. The van der Waals surface area contributed by atoms with E-state index in [1.54, 1.807) is 7.11 Å². The smallest absolute Gasteiger partial charge is 0.313 e. The molecular formula is C14H18BrNO3. The van der Waals surface area contributed by atoms with Gasteiger partial charge in [-0.25, -0.2) is 0 Å². The molecule has 0 aromatic heterocycles. The van der Waals surface area contributed by atoms with Gasteiger partial charge in [0, 0.05) is 11.0 Å². The molecule has 1 N–H and O–H groups in total. The van der Waals surface area contributed by atoms with E-state index in [2.05, 4.69) is 21.2 Å². The number of benzene rings is 1. The van der Waals surface area contributed by atoms with Crippen LogP contribution < -0.4 is 10.1 Å². The summed E-state index contributed by atoms with van der Waals surface area (Å²) < 4.78 is 11.2. The Labute approximate surface area is 121 Å². The molecule has 0 spiro atoms. The van der Waals surface area contributed by atoms with E-state index < -0.39 is 0 Å². The fourth-order valence-electron chi connectivity index (χ4n) is 2.36. The van der Waals surface area contributed by atoms with Crippen LogP contribution in [-0.2, 0) is 9.53 Å². The first kappa shape index (κ1) is 14.2. The number of methoxy groups -OCH3 is 2. The van der Waals surface area contributed by atoms with Crippen LogP contribution in [0.1, 0.15) is 19.3 Å². The van der Waals surface area contributed by atoms with E-state index >= 15 is 0 Å². The maximum Gasteiger partial charge on any atom is 0.313 e. The molecule has 0 bridgehead atoms. The molecule has 1 aliphatic carbocycles. The van der Waals surface area contributed by atoms with Gasteiger partial charge in [-0.1, -0.05) is 22.4 Å². The monoisotopic (exact) mass is 327 g/mol. The number of ether oxygens (including phenoxy) is 2. The van der Waals surface area contributed by atoms with Gasteiger partial charge in [-0.15, -0.1) is 0 Å². The standard InChI is InChI=1S/C14H18BrNO3/c1-18-12-5-4-10(15)8-11(12)16-9-14(6-3-7-14)13(17)19-2/h4-5,8,16H,3,6-7,9H2,1-2H3. The fourth-order valence-corrected chi connectivity index (χ4v) is 2.72. The van der Waals surface area contributed by atoms with E-state index in [0.29, 0.717) is 6.54 Å². The molecule has 0 saturated heterocycles. The molecule has 1 fully saturated rings. The van der Waals surface area contributed by atoms with Gasteiger partial charge in [-0.2, -0.15) is 0 Å². The Kier molecular flexibility index (Phi) is 4.34. The molecule has 19 heavy (non-hydrogen) atoms. The SMILES string of the molecule is COC(=O)C1(CNc2cc(Br)ccc2OC)CCC1. The van der Waals surface area contributed by atoms with Crippen LogP contribution in [0.15, 0.2) is 22.7 Å². The molecule has 1 saturated carbocycles. The van der Waals surface area contributed by atoms with Crippen LogP contribution in [0.3, 0.4) is 0 Å². The van der Waals surface area contributed by atoms with E-state index in [9.17, 15) is 4.79 Å². The number of hydrogen-bond donors (Lipinski definition) is 1. The van der Waals surface area contributed by atoms with Crippen molar-refractivity contribution in [2.24, 2.45) is 5.41 Å². The lowest BCUT2D eigenvalue weighted by atomic mass is 9.68. The molecule has 4 nitrogen and oxygen atoms in total. The normalized spacial score (nSPS) is 16.4. The molecule has 2 rings (SSSR count). The minimum absolute atomic E-state index is 0.125. The Morgan fingerprint density at radius 1 is 1.42 bits per heavy atom. The highest BCUT2D eigenvalue weighted by Gasteiger charge is 2.45. The Morgan fingerprint density at radius 2 is 2.16 bits per heavy atom. The number of rotatable bonds is 5. The number of nitrogens with one attached hydrogen (secondary N) is 1. The van der Waals surface area contributed by atoms with E-state index in [1.165, 1.54) is 7.11 Å². The Hall–Kier alpha value is -1.23. The van der Waals surface area contributed by atoms with Gasteiger partial charge in [0.25, 0.3) is 0 Å². The van der Waals surface area contributed by atoms with Crippen molar-refractivity contribution in [1.29, 1.82) is 0 Å². The number of halogens is 1. The summed E-state index contributed by atoms with van der Waals surface area (Å²) in [6.45, 7) is 0.576. The van der Waals surface area contributed by atoms with Crippen LogP contribution in [0.2, 0.25) is 0 Å². The molecule has 104 valence electrons. The van der Waals surface area contributed by atoms with E-state index in [-0.39, 0.29) is 11.4 Å². The summed E-state index contributed by atoms with van der Waals surface area (Å²) in [5, 5.41) is 3.31. The predicted octanol–water partition coefficient (Wildman–Crippen LogP) is 3.21. The first-order valence-corrected chi connectivity index (χ1v) is 7.06. The van der Waals surface area contributed by atoms with Crippen LogP contribution in [0.5, 0.6) is 5.75 Å². The van der Waals surface area contributed by atoms with Gasteiger partial charge < -0.3 is 14.8 Å². The van der Waals surface area contributed by atoms with Crippen LogP contribution in [-0.4, -0.2) is 26.7 Å². The van der Waals surface area contributed by atoms with Crippen molar-refractivity contribution in [3.05, 3.63) is 22.7 Å². The second kappa shape index (κ2) is 5.82. The lowest BCUT2D eigenvalue weighted by Crippen LogP contribution is -2.44. The molecule has 0 unspecified atom stereocenters. The largest absolute Gasteiger partial charge is 0.495 e. The van der Waals surface area contributed by atoms with Crippen LogP contribution in [0.25, 0.3) is 0 Å². The van der Waals surface area contributed by atoms with Gasteiger partial charge in [-0.05, 0) is 31.0 Å². The third-order valence-corrected chi connectivity index (χ3v) is 4.20. The summed E-state index contributed by atoms with van der Waals surface area (Å²) in [4.78, 5) is 11.9. The third-order valence-electron chi connectivity index (χ3n) is 3.71. The Bertz CT molecular complexity index is 472. The summed E-state index contributed by atoms with van der Waals surface area (Å²) in [6.07, 6.45) is 2.83. The molecule has 1 aromatic rings. The maximum absolute atomic E-state index is 11.9. The molecule has 0 radical (unpaired) electrons. The zero-order valence-electron chi connectivity index (χ0n) is 11.2. The zero-order chi connectivity index (χ0) is 13.9. The quantitative estimate of drug-likeness (QED) is 0.843. The highest BCUT2D eigenvalue weighted by Crippen LogP contribution is 2.42. The minimum Gasteiger partial charge on any atom is -0.495 e. The van der Waals surface area contributed by atoms with Crippen LogP contribution >= 0.6 is 15.9 Å². The van der Waals surface area contributed by atoms with Gasteiger partial charge in [0.15, 0.2) is 0 Å². The molecule has 5 heteroatoms. The van der Waals surface area contributed by atoms with Crippen molar-refractivity contribution in [2.45, 2.75) is 19.3 Å². The summed E-state index contributed by atoms with van der Waals surface area (Å²) >= 11 is 3.43. The van der Waals surface area contributed by atoms with E-state index in [4.69, 9.17) is 9.47 Å². The van der Waals surface area contributed by atoms with Crippen molar-refractivity contribution < 1.29 is 14.3 Å². The van der Waals surface area contributed by atoms with Crippen molar-refractivity contribution in [2.75, 3.05) is 26.1 Å². The number of carbonyl (C=O) groups excluding carboxylic acids is 1. The lowest BCUT2D eigenvalue weighted by molar-refractivity contribution is -0.157. The molecule has 0 atom stereocenters. The molecule has 0 aliphatic heterocycles. The second-order valence-corrected chi connectivity index (χ2v) is 5.74. The molecule has 0 heterocycles. The average Bonchev–Trinajstić information content (AvgIpc) is 2.37. The Balaban J connectivity index is 2.09. The van der Waals surface area contributed by atoms with Gasteiger partial charge in [-0.3, -0.25) is 4.79 Å². The first-order valence-electron chi connectivity index (χ1n) is 6.27. The van der Waals surface area contributed by atoms with Crippen molar-refractivity contribution >= 4 is 27.6 Å². The first-order chi connectivity index (χ1) is 9.11. The molecule has 1 aromatic carbocycles. The second-order valence-electron chi connectivity index (χ2n) is 4.82. The lowest BCUT2D eigenvalue weighted by Gasteiger charge is -2.39. The highest BCUT2D eigenvalue weighted by molar-refractivity contribution is 9.10. The van der Waals surface area contributed by atoms with Gasteiger partial charge in [0.1, 0.15) is 5.75 Å².